The fourth-order valence-corrected chi connectivity index (χ4v) is 3.32. The molecular formula is C19H29NO11. The standard InChI is InChI=1S/C19H29NO11/c1-9(21)20-16-17(13(25)6-5-7-15(26)27)31-14(8-28-10(2)22)18(29-11(3)23)19(16)30-12(4)24/h13-14,16-19,25H,5-8H2,1-4H3,(H,20,21)(H,26,27)/t13?,14-,16-,17+,18+,19-/m1/s1. The molecule has 176 valence electrons. The van der Waals surface area contributed by atoms with Gasteiger partial charge in [-0.15, -0.1) is 0 Å². The van der Waals surface area contributed by atoms with E-state index in [2.05, 4.69) is 5.32 Å². The van der Waals surface area contributed by atoms with Crippen LogP contribution in [0.15, 0.2) is 0 Å². The molecule has 1 rings (SSSR count). The van der Waals surface area contributed by atoms with E-state index in [-0.39, 0.29) is 25.9 Å². The van der Waals surface area contributed by atoms with Crippen LogP contribution in [0.4, 0.5) is 0 Å². The van der Waals surface area contributed by atoms with E-state index in [1.165, 1.54) is 6.92 Å². The number of esters is 3. The fraction of sp³-hybridized carbons (Fsp3) is 0.737. The van der Waals surface area contributed by atoms with E-state index in [1.807, 2.05) is 0 Å². The quantitative estimate of drug-likeness (QED) is 0.285. The lowest BCUT2D eigenvalue weighted by Crippen LogP contribution is -2.68. The highest BCUT2D eigenvalue weighted by molar-refractivity contribution is 5.74. The molecule has 1 aliphatic heterocycles. The molecule has 0 aromatic carbocycles. The summed E-state index contributed by atoms with van der Waals surface area (Å²) < 4.78 is 21.4. The van der Waals surface area contributed by atoms with E-state index in [0.29, 0.717) is 0 Å². The lowest BCUT2D eigenvalue weighted by atomic mass is 9.88. The number of aliphatic carboxylic acids is 1. The van der Waals surface area contributed by atoms with Crippen molar-refractivity contribution < 1.29 is 53.1 Å². The number of hydrogen-bond donors (Lipinski definition) is 3. The molecular weight excluding hydrogens is 418 g/mol. The lowest BCUT2D eigenvalue weighted by molar-refractivity contribution is -0.236. The van der Waals surface area contributed by atoms with Gasteiger partial charge < -0.3 is 34.5 Å². The molecule has 3 N–H and O–H groups in total. The maximum Gasteiger partial charge on any atom is 0.303 e. The molecule has 1 fully saturated rings. The van der Waals surface area contributed by atoms with Crippen LogP contribution in [-0.4, -0.2) is 83.2 Å². The van der Waals surface area contributed by atoms with Gasteiger partial charge in [0.05, 0.1) is 12.1 Å². The van der Waals surface area contributed by atoms with Crippen molar-refractivity contribution in [1.82, 2.24) is 5.32 Å². The van der Waals surface area contributed by atoms with Gasteiger partial charge in [0.25, 0.3) is 0 Å². The summed E-state index contributed by atoms with van der Waals surface area (Å²) in [7, 11) is 0. The van der Waals surface area contributed by atoms with Crippen molar-refractivity contribution in [3.8, 4) is 0 Å². The van der Waals surface area contributed by atoms with Gasteiger partial charge in [-0.1, -0.05) is 0 Å². The Morgan fingerprint density at radius 1 is 0.968 bits per heavy atom. The van der Waals surface area contributed by atoms with Crippen LogP contribution in [0.3, 0.4) is 0 Å². The number of aliphatic hydroxyl groups excluding tert-OH is 1. The predicted molar refractivity (Wildman–Crippen MR) is 102 cm³/mol. The minimum atomic E-state index is -1.27. The van der Waals surface area contributed by atoms with Crippen molar-refractivity contribution in [2.75, 3.05) is 6.61 Å². The SMILES string of the molecule is CC(=O)N[C@H]1[C@@H](OC(C)=O)[C@@H](OC(C)=O)[C@@H](COC(C)=O)O[C@H]1C(O)CCCC(=O)O. The number of carboxylic acids is 1. The fourth-order valence-electron chi connectivity index (χ4n) is 3.32. The first-order valence-corrected chi connectivity index (χ1v) is 9.72. The smallest absolute Gasteiger partial charge is 0.303 e. The largest absolute Gasteiger partial charge is 0.481 e. The third-order valence-electron chi connectivity index (χ3n) is 4.42. The molecule has 1 unspecified atom stereocenters. The summed E-state index contributed by atoms with van der Waals surface area (Å²) in [5.74, 6) is -3.70. The van der Waals surface area contributed by atoms with Crippen molar-refractivity contribution >= 4 is 29.8 Å². The summed E-state index contributed by atoms with van der Waals surface area (Å²) in [6.07, 6.45) is -6.17. The second-order valence-electron chi connectivity index (χ2n) is 7.17. The number of nitrogens with one attached hydrogen (secondary N) is 1. The number of carboxylic acid groups (broad SMARTS) is 1. The minimum absolute atomic E-state index is 0.00163. The number of hydrogen-bond acceptors (Lipinski definition) is 10. The average molecular weight is 447 g/mol. The van der Waals surface area contributed by atoms with Crippen LogP contribution in [0.2, 0.25) is 0 Å². The summed E-state index contributed by atoms with van der Waals surface area (Å²) in [4.78, 5) is 57.2. The highest BCUT2D eigenvalue weighted by Gasteiger charge is 2.52. The van der Waals surface area contributed by atoms with Gasteiger partial charge in [-0.3, -0.25) is 24.0 Å². The van der Waals surface area contributed by atoms with Crippen LogP contribution < -0.4 is 5.32 Å². The molecule has 1 saturated heterocycles. The van der Waals surface area contributed by atoms with E-state index in [9.17, 15) is 29.1 Å². The number of carbonyl (C=O) groups is 5. The van der Waals surface area contributed by atoms with Crippen LogP contribution >= 0.6 is 0 Å². The van der Waals surface area contributed by atoms with E-state index < -0.39 is 66.3 Å². The highest BCUT2D eigenvalue weighted by atomic mass is 16.6. The first-order valence-electron chi connectivity index (χ1n) is 9.72. The van der Waals surface area contributed by atoms with Crippen LogP contribution in [0.5, 0.6) is 0 Å². The van der Waals surface area contributed by atoms with Gasteiger partial charge >= 0.3 is 23.9 Å². The van der Waals surface area contributed by atoms with Crippen LogP contribution in [-0.2, 0) is 42.9 Å². The Labute approximate surface area is 179 Å². The third kappa shape index (κ3) is 8.89. The normalized spacial score (nSPS) is 26.3. The first kappa shape index (κ1) is 26.3. The van der Waals surface area contributed by atoms with Gasteiger partial charge in [0.15, 0.2) is 12.2 Å². The molecule has 6 atom stereocenters. The van der Waals surface area contributed by atoms with Crippen molar-refractivity contribution in [2.45, 2.75) is 83.5 Å². The number of aliphatic hydroxyl groups is 1. The molecule has 12 heteroatoms. The Morgan fingerprint density at radius 3 is 2.03 bits per heavy atom. The molecule has 1 heterocycles. The maximum absolute atomic E-state index is 11.8. The molecule has 1 aliphatic rings. The third-order valence-corrected chi connectivity index (χ3v) is 4.42. The average Bonchev–Trinajstić information content (AvgIpc) is 2.61. The molecule has 0 bridgehead atoms. The zero-order chi connectivity index (χ0) is 23.7. The Bertz CT molecular complexity index is 680. The second kappa shape index (κ2) is 12.2. The van der Waals surface area contributed by atoms with Crippen molar-refractivity contribution in [3.63, 3.8) is 0 Å². The Balaban J connectivity index is 3.28. The molecule has 0 saturated carbocycles. The van der Waals surface area contributed by atoms with E-state index >= 15 is 0 Å². The van der Waals surface area contributed by atoms with E-state index in [4.69, 9.17) is 24.1 Å². The summed E-state index contributed by atoms with van der Waals surface area (Å²) in [5, 5.41) is 22.0. The van der Waals surface area contributed by atoms with Gasteiger partial charge in [-0.2, -0.15) is 0 Å². The summed E-state index contributed by atoms with van der Waals surface area (Å²) >= 11 is 0. The van der Waals surface area contributed by atoms with Crippen LogP contribution in [0.1, 0.15) is 47.0 Å². The highest BCUT2D eigenvalue weighted by Crippen LogP contribution is 2.30. The monoisotopic (exact) mass is 447 g/mol. The molecule has 0 radical (unpaired) electrons. The molecule has 1 amide bonds. The maximum atomic E-state index is 11.8. The van der Waals surface area contributed by atoms with Crippen molar-refractivity contribution in [1.29, 1.82) is 0 Å². The number of amides is 1. The Hall–Kier alpha value is -2.73. The number of rotatable bonds is 10. The molecule has 31 heavy (non-hydrogen) atoms. The predicted octanol–water partition coefficient (Wildman–Crippen LogP) is -0.699. The van der Waals surface area contributed by atoms with Crippen molar-refractivity contribution in [2.24, 2.45) is 0 Å². The molecule has 0 aliphatic carbocycles. The van der Waals surface area contributed by atoms with Gasteiger partial charge in [-0.05, 0) is 12.8 Å². The molecule has 0 aromatic rings. The molecule has 0 spiro atoms. The summed E-state index contributed by atoms with van der Waals surface area (Å²) in [5.41, 5.74) is 0. The van der Waals surface area contributed by atoms with Gasteiger partial charge in [0, 0.05) is 34.1 Å². The number of carbonyl (C=O) groups excluding carboxylic acids is 4. The second-order valence-corrected chi connectivity index (χ2v) is 7.17. The zero-order valence-corrected chi connectivity index (χ0v) is 17.9. The van der Waals surface area contributed by atoms with Crippen LogP contribution in [0.25, 0.3) is 0 Å². The Morgan fingerprint density at radius 2 is 1.55 bits per heavy atom. The Kier molecular flexibility index (Phi) is 10.4. The van der Waals surface area contributed by atoms with Gasteiger partial charge in [0.1, 0.15) is 18.8 Å². The van der Waals surface area contributed by atoms with Crippen LogP contribution in [0, 0.1) is 0 Å². The summed E-state index contributed by atoms with van der Waals surface area (Å²) in [6.45, 7) is 4.21. The number of ether oxygens (including phenoxy) is 4. The first-order chi connectivity index (χ1) is 14.4. The van der Waals surface area contributed by atoms with Crippen molar-refractivity contribution in [3.05, 3.63) is 0 Å². The molecule has 12 nitrogen and oxygen atoms in total. The lowest BCUT2D eigenvalue weighted by Gasteiger charge is -2.46. The minimum Gasteiger partial charge on any atom is -0.481 e. The molecule has 0 aromatic heterocycles. The van der Waals surface area contributed by atoms with E-state index in [0.717, 1.165) is 20.8 Å². The van der Waals surface area contributed by atoms with Gasteiger partial charge in [0.2, 0.25) is 5.91 Å². The van der Waals surface area contributed by atoms with E-state index in [1.54, 1.807) is 0 Å². The topological polar surface area (TPSA) is 175 Å². The zero-order valence-electron chi connectivity index (χ0n) is 17.9. The van der Waals surface area contributed by atoms with Gasteiger partial charge in [-0.25, -0.2) is 0 Å². The summed E-state index contributed by atoms with van der Waals surface area (Å²) in [6, 6.07) is -1.13.